The highest BCUT2D eigenvalue weighted by molar-refractivity contribution is 7.91. The molecular formula is C9H14N2O6S3. The van der Waals surface area contributed by atoms with E-state index in [0.29, 0.717) is 5.01 Å². The van der Waals surface area contributed by atoms with Crippen LogP contribution in [0.2, 0.25) is 0 Å². The van der Waals surface area contributed by atoms with Crippen LogP contribution in [0.1, 0.15) is 11.4 Å². The van der Waals surface area contributed by atoms with Crippen LogP contribution < -0.4 is 4.72 Å². The van der Waals surface area contributed by atoms with E-state index in [-0.39, 0.29) is 10.6 Å². The van der Waals surface area contributed by atoms with Gasteiger partial charge in [-0.15, -0.1) is 11.3 Å². The molecular weight excluding hydrogens is 328 g/mol. The largest absolute Gasteiger partial charge is 0.480 e. The number of nitrogens with one attached hydrogen (secondary N) is 1. The zero-order valence-electron chi connectivity index (χ0n) is 10.7. The third-order valence-electron chi connectivity index (χ3n) is 2.24. The zero-order chi connectivity index (χ0) is 15.6. The summed E-state index contributed by atoms with van der Waals surface area (Å²) in [5.74, 6) is -1.85. The second kappa shape index (κ2) is 6.16. The minimum absolute atomic E-state index is 0.111. The normalized spacial score (nSPS) is 14.1. The predicted molar refractivity (Wildman–Crippen MR) is 72.9 cm³/mol. The number of hydrogen-bond acceptors (Lipinski definition) is 7. The molecule has 0 aliphatic rings. The highest BCUT2D eigenvalue weighted by Crippen LogP contribution is 2.18. The number of aryl methyl sites for hydroxylation is 1. The number of rotatable bonds is 7. The van der Waals surface area contributed by atoms with Crippen molar-refractivity contribution in [3.05, 3.63) is 11.2 Å². The quantitative estimate of drug-likeness (QED) is 0.690. The molecule has 0 radical (unpaired) electrons. The second-order valence-corrected chi connectivity index (χ2v) is 9.56. The van der Waals surface area contributed by atoms with Crippen molar-refractivity contribution in [2.45, 2.75) is 23.6 Å². The van der Waals surface area contributed by atoms with Crippen LogP contribution >= 0.6 is 11.3 Å². The van der Waals surface area contributed by atoms with Crippen LogP contribution in [-0.2, 0) is 24.7 Å². The second-order valence-electron chi connectivity index (χ2n) is 4.13. The molecule has 1 unspecified atom stereocenters. The van der Waals surface area contributed by atoms with Crippen LogP contribution in [0.3, 0.4) is 0 Å². The molecule has 2 N–H and O–H groups in total. The Balaban J connectivity index is 2.88. The summed E-state index contributed by atoms with van der Waals surface area (Å²) in [5.41, 5.74) is 0. The number of aliphatic carboxylic acids is 1. The van der Waals surface area contributed by atoms with E-state index < -0.39 is 37.6 Å². The van der Waals surface area contributed by atoms with Crippen molar-refractivity contribution in [3.8, 4) is 0 Å². The number of thiazole rings is 1. The number of sulfone groups is 1. The van der Waals surface area contributed by atoms with Crippen molar-refractivity contribution >= 4 is 37.2 Å². The Morgan fingerprint density at radius 3 is 2.45 bits per heavy atom. The van der Waals surface area contributed by atoms with Gasteiger partial charge in [-0.25, -0.2) is 21.8 Å². The Labute approximate surface area is 120 Å². The molecule has 8 nitrogen and oxygen atoms in total. The third kappa shape index (κ3) is 5.15. The lowest BCUT2D eigenvalue weighted by molar-refractivity contribution is -0.139. The molecule has 20 heavy (non-hydrogen) atoms. The number of aromatic nitrogens is 1. The highest BCUT2D eigenvalue weighted by Gasteiger charge is 2.27. The van der Waals surface area contributed by atoms with Crippen LogP contribution in [0.15, 0.2) is 10.4 Å². The van der Waals surface area contributed by atoms with Gasteiger partial charge in [0.1, 0.15) is 15.9 Å². The first-order chi connectivity index (χ1) is 9.01. The first kappa shape index (κ1) is 17.0. The molecule has 0 aromatic carbocycles. The smallest absolute Gasteiger partial charge is 0.321 e. The van der Waals surface area contributed by atoms with Gasteiger partial charge in [0.05, 0.1) is 17.0 Å². The van der Waals surface area contributed by atoms with E-state index in [1.807, 2.05) is 4.72 Å². The van der Waals surface area contributed by atoms with Gasteiger partial charge < -0.3 is 5.11 Å². The van der Waals surface area contributed by atoms with Crippen LogP contribution in [-0.4, -0.2) is 50.9 Å². The van der Waals surface area contributed by atoms with Crippen LogP contribution in [0, 0.1) is 6.92 Å². The molecule has 1 aromatic rings. The SMILES string of the molecule is Cc1ncc(S(=O)(=O)NC(CCS(C)(=O)=O)C(=O)O)s1. The molecule has 0 spiro atoms. The summed E-state index contributed by atoms with van der Waals surface area (Å²) in [5, 5.41) is 9.47. The van der Waals surface area contributed by atoms with Crippen LogP contribution in [0.25, 0.3) is 0 Å². The first-order valence-electron chi connectivity index (χ1n) is 5.36. The molecule has 0 aliphatic heterocycles. The molecule has 0 saturated carbocycles. The Kier molecular flexibility index (Phi) is 5.24. The fourth-order valence-electron chi connectivity index (χ4n) is 1.28. The van der Waals surface area contributed by atoms with E-state index in [1.54, 1.807) is 6.92 Å². The van der Waals surface area contributed by atoms with Crippen molar-refractivity contribution in [3.63, 3.8) is 0 Å². The van der Waals surface area contributed by atoms with Gasteiger partial charge in [0.15, 0.2) is 4.21 Å². The van der Waals surface area contributed by atoms with E-state index in [4.69, 9.17) is 5.11 Å². The van der Waals surface area contributed by atoms with E-state index in [2.05, 4.69) is 4.98 Å². The van der Waals surface area contributed by atoms with Crippen LogP contribution in [0.4, 0.5) is 0 Å². The minimum Gasteiger partial charge on any atom is -0.480 e. The van der Waals surface area contributed by atoms with Gasteiger partial charge in [-0.3, -0.25) is 4.79 Å². The predicted octanol–water partition coefficient (Wildman–Crippen LogP) is -0.382. The van der Waals surface area contributed by atoms with Gasteiger partial charge in [0.2, 0.25) is 0 Å². The summed E-state index contributed by atoms with van der Waals surface area (Å²) in [6, 6.07) is -1.50. The zero-order valence-corrected chi connectivity index (χ0v) is 13.2. The summed E-state index contributed by atoms with van der Waals surface area (Å²) in [7, 11) is -7.40. The molecule has 0 bridgehead atoms. The number of carboxylic acid groups (broad SMARTS) is 1. The van der Waals surface area contributed by atoms with E-state index in [0.717, 1.165) is 23.8 Å². The standard InChI is InChI=1S/C9H14N2O6S3/c1-6-10-5-8(18-6)20(16,17)11-7(9(12)13)3-4-19(2,14)15/h5,7,11H,3-4H2,1-2H3,(H,12,13). The monoisotopic (exact) mass is 342 g/mol. The number of hydrogen-bond donors (Lipinski definition) is 2. The number of carbonyl (C=O) groups is 1. The summed E-state index contributed by atoms with van der Waals surface area (Å²) < 4.78 is 47.8. The molecule has 1 rings (SSSR count). The lowest BCUT2D eigenvalue weighted by atomic mass is 10.2. The summed E-state index contributed by atoms with van der Waals surface area (Å²) >= 11 is 0.899. The van der Waals surface area contributed by atoms with Gasteiger partial charge in [-0.2, -0.15) is 4.72 Å². The highest BCUT2D eigenvalue weighted by atomic mass is 32.2. The maximum absolute atomic E-state index is 11.9. The van der Waals surface area contributed by atoms with Gasteiger partial charge in [0, 0.05) is 6.26 Å². The Bertz CT molecular complexity index is 691. The molecule has 0 fully saturated rings. The minimum atomic E-state index is -4.02. The molecule has 1 atom stereocenters. The summed E-state index contributed by atoms with van der Waals surface area (Å²) in [6.45, 7) is 1.61. The number of nitrogens with zero attached hydrogens (tertiary/aromatic N) is 1. The van der Waals surface area contributed by atoms with Gasteiger partial charge in [-0.05, 0) is 13.3 Å². The van der Waals surface area contributed by atoms with Crippen molar-refractivity contribution in [1.29, 1.82) is 0 Å². The lowest BCUT2D eigenvalue weighted by Crippen LogP contribution is -2.41. The molecule has 11 heteroatoms. The van der Waals surface area contributed by atoms with Gasteiger partial charge in [-0.1, -0.05) is 0 Å². The van der Waals surface area contributed by atoms with Crippen molar-refractivity contribution in [2.75, 3.05) is 12.0 Å². The van der Waals surface area contributed by atoms with E-state index >= 15 is 0 Å². The topological polar surface area (TPSA) is 130 Å². The van der Waals surface area contributed by atoms with Gasteiger partial charge in [0.25, 0.3) is 10.0 Å². The maximum atomic E-state index is 11.9. The van der Waals surface area contributed by atoms with E-state index in [9.17, 15) is 21.6 Å². The molecule has 114 valence electrons. The molecule has 0 aliphatic carbocycles. The molecule has 1 aromatic heterocycles. The fraction of sp³-hybridized carbons (Fsp3) is 0.556. The molecule has 0 saturated heterocycles. The first-order valence-corrected chi connectivity index (χ1v) is 9.72. The molecule has 1 heterocycles. The maximum Gasteiger partial charge on any atom is 0.321 e. The third-order valence-corrected chi connectivity index (χ3v) is 6.06. The lowest BCUT2D eigenvalue weighted by Gasteiger charge is -2.13. The summed E-state index contributed by atoms with van der Waals surface area (Å²) in [4.78, 5) is 14.8. The van der Waals surface area contributed by atoms with Crippen molar-refractivity contribution in [2.24, 2.45) is 0 Å². The van der Waals surface area contributed by atoms with Crippen molar-refractivity contribution in [1.82, 2.24) is 9.71 Å². The average Bonchev–Trinajstić information content (AvgIpc) is 2.70. The molecule has 0 amide bonds. The Morgan fingerprint density at radius 1 is 1.45 bits per heavy atom. The van der Waals surface area contributed by atoms with E-state index in [1.165, 1.54) is 0 Å². The van der Waals surface area contributed by atoms with Crippen LogP contribution in [0.5, 0.6) is 0 Å². The Hall–Kier alpha value is -1.04. The number of carboxylic acids is 1. The number of sulfonamides is 1. The fourth-order valence-corrected chi connectivity index (χ4v) is 4.29. The van der Waals surface area contributed by atoms with Gasteiger partial charge >= 0.3 is 5.97 Å². The Morgan fingerprint density at radius 2 is 2.05 bits per heavy atom. The average molecular weight is 342 g/mol. The van der Waals surface area contributed by atoms with Crippen molar-refractivity contribution < 1.29 is 26.7 Å². The summed E-state index contributed by atoms with van der Waals surface area (Å²) in [6.07, 6.45) is 1.73.